The SMILES string of the molecule is Cc1ccc(/C=C(\CC(=O)N2C[C@H]3CCCC[C@H]3C2)C(=O)O)cc1. The number of amides is 1. The van der Waals surface area contributed by atoms with Crippen LogP contribution in [0.5, 0.6) is 0 Å². The Labute approximate surface area is 143 Å². The molecule has 1 amide bonds. The van der Waals surface area contributed by atoms with Crippen LogP contribution in [-0.2, 0) is 9.59 Å². The molecule has 0 radical (unpaired) electrons. The lowest BCUT2D eigenvalue weighted by Crippen LogP contribution is -2.29. The summed E-state index contributed by atoms with van der Waals surface area (Å²) < 4.78 is 0. The van der Waals surface area contributed by atoms with E-state index in [0.717, 1.165) is 24.2 Å². The summed E-state index contributed by atoms with van der Waals surface area (Å²) in [5, 5.41) is 9.45. The summed E-state index contributed by atoms with van der Waals surface area (Å²) >= 11 is 0. The fourth-order valence-electron chi connectivity index (χ4n) is 3.94. The van der Waals surface area contributed by atoms with Gasteiger partial charge < -0.3 is 10.0 Å². The number of benzene rings is 1. The number of hydrogen-bond acceptors (Lipinski definition) is 2. The summed E-state index contributed by atoms with van der Waals surface area (Å²) in [6, 6.07) is 7.65. The lowest BCUT2D eigenvalue weighted by Gasteiger charge is -2.22. The lowest BCUT2D eigenvalue weighted by atomic mass is 9.82. The van der Waals surface area contributed by atoms with Gasteiger partial charge in [0, 0.05) is 18.7 Å². The highest BCUT2D eigenvalue weighted by atomic mass is 16.4. The minimum Gasteiger partial charge on any atom is -0.478 e. The number of carbonyl (C=O) groups excluding carboxylic acids is 1. The van der Waals surface area contributed by atoms with Crippen molar-refractivity contribution >= 4 is 18.0 Å². The molecule has 0 aromatic heterocycles. The number of aryl methyl sites for hydroxylation is 1. The van der Waals surface area contributed by atoms with Crippen molar-refractivity contribution in [3.05, 3.63) is 41.0 Å². The van der Waals surface area contributed by atoms with Crippen molar-refractivity contribution in [2.24, 2.45) is 11.8 Å². The smallest absolute Gasteiger partial charge is 0.332 e. The maximum absolute atomic E-state index is 12.6. The van der Waals surface area contributed by atoms with E-state index in [1.54, 1.807) is 6.08 Å². The molecule has 2 fully saturated rings. The highest BCUT2D eigenvalue weighted by molar-refractivity contribution is 5.98. The van der Waals surface area contributed by atoms with E-state index in [2.05, 4.69) is 0 Å². The molecule has 1 aromatic rings. The summed E-state index contributed by atoms with van der Waals surface area (Å²) in [6.07, 6.45) is 6.53. The zero-order valence-corrected chi connectivity index (χ0v) is 14.2. The van der Waals surface area contributed by atoms with E-state index in [1.807, 2.05) is 36.1 Å². The topological polar surface area (TPSA) is 57.6 Å². The van der Waals surface area contributed by atoms with Crippen LogP contribution in [0.3, 0.4) is 0 Å². The van der Waals surface area contributed by atoms with Crippen LogP contribution in [0.15, 0.2) is 29.8 Å². The molecule has 24 heavy (non-hydrogen) atoms. The first-order chi connectivity index (χ1) is 11.5. The van der Waals surface area contributed by atoms with Gasteiger partial charge in [0.2, 0.25) is 5.91 Å². The van der Waals surface area contributed by atoms with Crippen molar-refractivity contribution in [3.63, 3.8) is 0 Å². The molecule has 1 saturated carbocycles. The second kappa shape index (κ2) is 7.20. The third-order valence-electron chi connectivity index (χ3n) is 5.36. The number of fused-ring (bicyclic) bond motifs is 1. The van der Waals surface area contributed by atoms with Crippen LogP contribution in [0, 0.1) is 18.8 Å². The molecule has 2 atom stereocenters. The highest BCUT2D eigenvalue weighted by Gasteiger charge is 2.36. The minimum absolute atomic E-state index is 0.0251. The molecule has 1 heterocycles. The van der Waals surface area contributed by atoms with Gasteiger partial charge in [-0.05, 0) is 43.2 Å². The molecular formula is C20H25NO3. The summed E-state index contributed by atoms with van der Waals surface area (Å²) in [5.74, 6) is 0.180. The van der Waals surface area contributed by atoms with E-state index in [9.17, 15) is 14.7 Å². The van der Waals surface area contributed by atoms with E-state index in [4.69, 9.17) is 0 Å². The van der Waals surface area contributed by atoms with Gasteiger partial charge in [0.25, 0.3) is 0 Å². The second-order valence-electron chi connectivity index (χ2n) is 7.17. The Morgan fingerprint density at radius 1 is 1.12 bits per heavy atom. The first kappa shape index (κ1) is 16.7. The number of nitrogens with zero attached hydrogens (tertiary/aromatic N) is 1. The molecule has 1 N–H and O–H groups in total. The van der Waals surface area contributed by atoms with Crippen molar-refractivity contribution in [1.29, 1.82) is 0 Å². The van der Waals surface area contributed by atoms with E-state index >= 15 is 0 Å². The molecule has 3 rings (SSSR count). The van der Waals surface area contributed by atoms with Gasteiger partial charge >= 0.3 is 5.97 Å². The van der Waals surface area contributed by atoms with Crippen LogP contribution >= 0.6 is 0 Å². The first-order valence-electron chi connectivity index (χ1n) is 8.81. The molecule has 128 valence electrons. The largest absolute Gasteiger partial charge is 0.478 e. The fourth-order valence-corrected chi connectivity index (χ4v) is 3.94. The van der Waals surface area contributed by atoms with Gasteiger partial charge in [0.15, 0.2) is 0 Å². The van der Waals surface area contributed by atoms with Gasteiger partial charge in [-0.3, -0.25) is 4.79 Å². The molecule has 0 spiro atoms. The number of carbonyl (C=O) groups is 2. The number of likely N-dealkylation sites (tertiary alicyclic amines) is 1. The van der Waals surface area contributed by atoms with Crippen LogP contribution < -0.4 is 0 Å². The second-order valence-corrected chi connectivity index (χ2v) is 7.17. The van der Waals surface area contributed by atoms with Gasteiger partial charge in [-0.15, -0.1) is 0 Å². The molecule has 0 bridgehead atoms. The Morgan fingerprint density at radius 3 is 2.25 bits per heavy atom. The van der Waals surface area contributed by atoms with Gasteiger partial charge in [0.05, 0.1) is 6.42 Å². The van der Waals surface area contributed by atoms with E-state index in [-0.39, 0.29) is 17.9 Å². The molecule has 2 aliphatic rings. The number of aliphatic carboxylic acids is 1. The number of carboxylic acids is 1. The van der Waals surface area contributed by atoms with Crippen LogP contribution in [0.2, 0.25) is 0 Å². The van der Waals surface area contributed by atoms with Crippen molar-refractivity contribution in [1.82, 2.24) is 4.90 Å². The normalized spacial score (nSPS) is 23.9. The predicted octanol–water partition coefficient (Wildman–Crippen LogP) is 3.50. The Kier molecular flexibility index (Phi) is 5.03. The van der Waals surface area contributed by atoms with E-state index in [1.165, 1.54) is 25.7 Å². The zero-order chi connectivity index (χ0) is 17.1. The van der Waals surface area contributed by atoms with Gasteiger partial charge in [0.1, 0.15) is 0 Å². The molecule has 1 aliphatic carbocycles. The third kappa shape index (κ3) is 3.86. The molecule has 0 unspecified atom stereocenters. The highest BCUT2D eigenvalue weighted by Crippen LogP contribution is 2.36. The molecule has 1 saturated heterocycles. The summed E-state index contributed by atoms with van der Waals surface area (Å²) in [4.78, 5) is 26.0. The molecular weight excluding hydrogens is 302 g/mol. The van der Waals surface area contributed by atoms with Gasteiger partial charge in [-0.1, -0.05) is 42.7 Å². The zero-order valence-electron chi connectivity index (χ0n) is 14.2. The number of carboxylic acid groups (broad SMARTS) is 1. The monoisotopic (exact) mass is 327 g/mol. The number of hydrogen-bond donors (Lipinski definition) is 1. The molecule has 1 aromatic carbocycles. The summed E-state index contributed by atoms with van der Waals surface area (Å²) in [6.45, 7) is 3.60. The van der Waals surface area contributed by atoms with Crippen molar-refractivity contribution < 1.29 is 14.7 Å². The summed E-state index contributed by atoms with van der Waals surface area (Å²) in [5.41, 5.74) is 2.11. The third-order valence-corrected chi connectivity index (χ3v) is 5.36. The lowest BCUT2D eigenvalue weighted by molar-refractivity contribution is -0.136. The summed E-state index contributed by atoms with van der Waals surface area (Å²) in [7, 11) is 0. The van der Waals surface area contributed by atoms with Crippen molar-refractivity contribution in [3.8, 4) is 0 Å². The maximum Gasteiger partial charge on any atom is 0.332 e. The van der Waals surface area contributed by atoms with Crippen LogP contribution in [0.1, 0.15) is 43.2 Å². The van der Waals surface area contributed by atoms with Crippen LogP contribution in [0.4, 0.5) is 0 Å². The fraction of sp³-hybridized carbons (Fsp3) is 0.500. The standard InChI is InChI=1S/C20H25NO3/c1-14-6-8-15(9-7-14)10-18(20(23)24)11-19(22)21-12-16-4-2-3-5-17(16)13-21/h6-10,16-17H,2-5,11-13H2,1H3,(H,23,24)/b18-10+/t16-,17+. The van der Waals surface area contributed by atoms with Crippen LogP contribution in [-0.4, -0.2) is 35.0 Å². The van der Waals surface area contributed by atoms with E-state index < -0.39 is 5.97 Å². The quantitative estimate of drug-likeness (QED) is 0.861. The Balaban J connectivity index is 1.68. The Hall–Kier alpha value is -2.10. The number of rotatable bonds is 4. The van der Waals surface area contributed by atoms with Crippen molar-refractivity contribution in [2.45, 2.75) is 39.0 Å². The molecule has 4 heteroatoms. The van der Waals surface area contributed by atoms with Crippen molar-refractivity contribution in [2.75, 3.05) is 13.1 Å². The maximum atomic E-state index is 12.6. The Bertz CT molecular complexity index is 633. The van der Waals surface area contributed by atoms with Gasteiger partial charge in [-0.25, -0.2) is 4.79 Å². The predicted molar refractivity (Wildman–Crippen MR) is 93.4 cm³/mol. The average molecular weight is 327 g/mol. The van der Waals surface area contributed by atoms with Gasteiger partial charge in [-0.2, -0.15) is 0 Å². The minimum atomic E-state index is -1.01. The molecule has 4 nitrogen and oxygen atoms in total. The Morgan fingerprint density at radius 2 is 1.71 bits per heavy atom. The van der Waals surface area contributed by atoms with E-state index in [0.29, 0.717) is 11.8 Å². The first-order valence-corrected chi connectivity index (χ1v) is 8.81. The molecule has 1 aliphatic heterocycles. The van der Waals surface area contributed by atoms with Crippen LogP contribution in [0.25, 0.3) is 6.08 Å². The average Bonchev–Trinajstić information content (AvgIpc) is 3.00.